The summed E-state index contributed by atoms with van der Waals surface area (Å²) < 4.78 is 6.17. The van der Waals surface area contributed by atoms with Crippen LogP contribution in [0.2, 0.25) is 0 Å². The Labute approximate surface area is 122 Å². The van der Waals surface area contributed by atoms with Gasteiger partial charge < -0.3 is 15.4 Å². The van der Waals surface area contributed by atoms with Gasteiger partial charge in [-0.15, -0.1) is 0 Å². The van der Waals surface area contributed by atoms with Crippen molar-refractivity contribution in [3.8, 4) is 0 Å². The second-order valence-corrected chi connectivity index (χ2v) is 5.85. The molecule has 1 aromatic carbocycles. The van der Waals surface area contributed by atoms with E-state index in [-0.39, 0.29) is 11.4 Å². The molecule has 1 aliphatic rings. The summed E-state index contributed by atoms with van der Waals surface area (Å²) in [5.74, 6) is -0.0505. The lowest BCUT2D eigenvalue weighted by Crippen LogP contribution is -2.53. The number of ether oxygens (including phenoxy) is 1. The van der Waals surface area contributed by atoms with Gasteiger partial charge in [-0.3, -0.25) is 4.79 Å². The van der Waals surface area contributed by atoms with E-state index in [9.17, 15) is 4.79 Å². The van der Waals surface area contributed by atoms with Gasteiger partial charge in [0.1, 0.15) is 0 Å². The van der Waals surface area contributed by atoms with Crippen LogP contribution in [0, 0.1) is 0 Å². The molecule has 1 aromatic rings. The highest BCUT2D eigenvalue weighted by molar-refractivity contribution is 9.10. The number of methoxy groups -OCH3 is 1. The Balaban J connectivity index is 1.95. The maximum atomic E-state index is 12.1. The molecule has 2 rings (SSSR count). The summed E-state index contributed by atoms with van der Waals surface area (Å²) in [7, 11) is 1.69. The van der Waals surface area contributed by atoms with E-state index < -0.39 is 0 Å². The van der Waals surface area contributed by atoms with E-state index in [1.54, 1.807) is 7.11 Å². The highest BCUT2D eigenvalue weighted by Gasteiger charge is 2.33. The molecule has 4 nitrogen and oxygen atoms in total. The summed E-state index contributed by atoms with van der Waals surface area (Å²) in [6.45, 7) is 2.19. The van der Waals surface area contributed by atoms with Crippen molar-refractivity contribution in [3.63, 3.8) is 0 Å². The van der Waals surface area contributed by atoms with Crippen molar-refractivity contribution in [1.29, 1.82) is 0 Å². The smallest absolute Gasteiger partial charge is 0.251 e. The molecule has 0 bridgehead atoms. The first-order chi connectivity index (χ1) is 9.15. The first-order valence-electron chi connectivity index (χ1n) is 6.43. The maximum absolute atomic E-state index is 12.1. The highest BCUT2D eigenvalue weighted by atomic mass is 79.9. The lowest BCUT2D eigenvalue weighted by Gasteiger charge is -2.28. The minimum absolute atomic E-state index is 0.0505. The summed E-state index contributed by atoms with van der Waals surface area (Å²) in [4.78, 5) is 12.1. The fourth-order valence-corrected chi connectivity index (χ4v) is 2.85. The van der Waals surface area contributed by atoms with E-state index in [1.165, 1.54) is 0 Å². The molecule has 1 saturated heterocycles. The van der Waals surface area contributed by atoms with Crippen LogP contribution >= 0.6 is 15.9 Å². The molecule has 0 saturated carbocycles. The predicted octanol–water partition coefficient (Wildman–Crippen LogP) is 1.95. The third-order valence-electron chi connectivity index (χ3n) is 3.43. The minimum atomic E-state index is -0.115. The molecule has 1 atom stereocenters. The topological polar surface area (TPSA) is 50.4 Å². The number of nitrogens with one attached hydrogen (secondary N) is 2. The number of hydrogen-bond donors (Lipinski definition) is 2. The fraction of sp³-hybridized carbons (Fsp3) is 0.500. The third kappa shape index (κ3) is 3.78. The Hall–Kier alpha value is -0.910. The number of amides is 1. The largest absolute Gasteiger partial charge is 0.383 e. The molecule has 0 aliphatic carbocycles. The van der Waals surface area contributed by atoms with E-state index in [4.69, 9.17) is 4.74 Å². The zero-order chi connectivity index (χ0) is 13.7. The SMILES string of the molecule is COCC1(CNC(=O)c2cccc(Br)c2)CCCN1. The van der Waals surface area contributed by atoms with Gasteiger partial charge in [0.25, 0.3) is 5.91 Å². The van der Waals surface area contributed by atoms with Crippen LogP contribution in [0.4, 0.5) is 0 Å². The van der Waals surface area contributed by atoms with Crippen molar-refractivity contribution in [3.05, 3.63) is 34.3 Å². The van der Waals surface area contributed by atoms with E-state index in [2.05, 4.69) is 26.6 Å². The molecule has 0 spiro atoms. The highest BCUT2D eigenvalue weighted by Crippen LogP contribution is 2.19. The average Bonchev–Trinajstić information content (AvgIpc) is 2.85. The predicted molar refractivity (Wildman–Crippen MR) is 78.3 cm³/mol. The van der Waals surface area contributed by atoms with Crippen LogP contribution in [0.25, 0.3) is 0 Å². The second-order valence-electron chi connectivity index (χ2n) is 4.94. The second kappa shape index (κ2) is 6.50. The van der Waals surface area contributed by atoms with Crippen molar-refractivity contribution in [2.45, 2.75) is 18.4 Å². The van der Waals surface area contributed by atoms with E-state index in [1.807, 2.05) is 24.3 Å². The Kier molecular flexibility index (Phi) is 4.96. The molecule has 5 heteroatoms. The lowest BCUT2D eigenvalue weighted by molar-refractivity contribution is 0.0892. The number of rotatable bonds is 5. The van der Waals surface area contributed by atoms with Crippen molar-refractivity contribution in [1.82, 2.24) is 10.6 Å². The van der Waals surface area contributed by atoms with Crippen LogP contribution in [-0.2, 0) is 4.74 Å². The molecular formula is C14H19BrN2O2. The fourth-order valence-electron chi connectivity index (χ4n) is 2.45. The van der Waals surface area contributed by atoms with E-state index >= 15 is 0 Å². The summed E-state index contributed by atoms with van der Waals surface area (Å²) in [6, 6.07) is 7.39. The molecule has 1 unspecified atom stereocenters. The normalized spacial score (nSPS) is 22.4. The van der Waals surface area contributed by atoms with Gasteiger partial charge >= 0.3 is 0 Å². The Morgan fingerprint density at radius 3 is 3.05 bits per heavy atom. The van der Waals surface area contributed by atoms with Gasteiger partial charge in [0.05, 0.1) is 12.1 Å². The van der Waals surface area contributed by atoms with Crippen molar-refractivity contribution >= 4 is 21.8 Å². The standard InChI is InChI=1S/C14H19BrN2O2/c1-19-10-14(6-3-7-17-14)9-16-13(18)11-4-2-5-12(15)8-11/h2,4-5,8,17H,3,6-7,9-10H2,1H3,(H,16,18). The number of carbonyl (C=O) groups is 1. The number of halogens is 1. The van der Waals surface area contributed by atoms with Gasteiger partial charge in [-0.1, -0.05) is 22.0 Å². The molecule has 1 heterocycles. The quantitative estimate of drug-likeness (QED) is 0.869. The van der Waals surface area contributed by atoms with Crippen LogP contribution < -0.4 is 10.6 Å². The maximum Gasteiger partial charge on any atom is 0.251 e. The average molecular weight is 327 g/mol. The zero-order valence-electron chi connectivity index (χ0n) is 11.0. The summed E-state index contributed by atoms with van der Waals surface area (Å²) in [5.41, 5.74) is 0.552. The third-order valence-corrected chi connectivity index (χ3v) is 3.92. The Morgan fingerprint density at radius 2 is 2.42 bits per heavy atom. The first-order valence-corrected chi connectivity index (χ1v) is 7.22. The number of benzene rings is 1. The number of hydrogen-bond acceptors (Lipinski definition) is 3. The Morgan fingerprint density at radius 1 is 1.58 bits per heavy atom. The van der Waals surface area contributed by atoms with Crippen molar-refractivity contribution < 1.29 is 9.53 Å². The van der Waals surface area contributed by atoms with Crippen LogP contribution in [0.1, 0.15) is 23.2 Å². The monoisotopic (exact) mass is 326 g/mol. The molecule has 1 fully saturated rings. The van der Waals surface area contributed by atoms with Crippen LogP contribution in [0.5, 0.6) is 0 Å². The minimum Gasteiger partial charge on any atom is -0.383 e. The summed E-state index contributed by atoms with van der Waals surface area (Å²) in [5, 5.41) is 6.43. The Bertz CT molecular complexity index is 445. The van der Waals surface area contributed by atoms with Crippen LogP contribution in [0.15, 0.2) is 28.7 Å². The van der Waals surface area contributed by atoms with Gasteiger partial charge in [0.2, 0.25) is 0 Å². The van der Waals surface area contributed by atoms with Gasteiger partial charge in [-0.05, 0) is 37.6 Å². The summed E-state index contributed by atoms with van der Waals surface area (Å²) >= 11 is 3.37. The zero-order valence-corrected chi connectivity index (χ0v) is 12.6. The van der Waals surface area contributed by atoms with Crippen LogP contribution in [0.3, 0.4) is 0 Å². The molecule has 0 aromatic heterocycles. The molecule has 1 amide bonds. The molecule has 0 radical (unpaired) electrons. The van der Waals surface area contributed by atoms with Gasteiger partial charge in [0.15, 0.2) is 0 Å². The van der Waals surface area contributed by atoms with Crippen LogP contribution in [-0.4, -0.2) is 38.3 Å². The van der Waals surface area contributed by atoms with Gasteiger partial charge in [-0.25, -0.2) is 0 Å². The molecular weight excluding hydrogens is 308 g/mol. The molecule has 104 valence electrons. The van der Waals surface area contributed by atoms with E-state index in [0.29, 0.717) is 18.7 Å². The molecule has 19 heavy (non-hydrogen) atoms. The molecule has 2 N–H and O–H groups in total. The first kappa shape index (κ1) is 14.5. The lowest BCUT2D eigenvalue weighted by atomic mass is 9.98. The van der Waals surface area contributed by atoms with Gasteiger partial charge in [-0.2, -0.15) is 0 Å². The summed E-state index contributed by atoms with van der Waals surface area (Å²) in [6.07, 6.45) is 2.15. The van der Waals surface area contributed by atoms with Crippen molar-refractivity contribution in [2.24, 2.45) is 0 Å². The molecule has 1 aliphatic heterocycles. The van der Waals surface area contributed by atoms with E-state index in [0.717, 1.165) is 23.9 Å². The van der Waals surface area contributed by atoms with Gasteiger partial charge in [0, 0.05) is 23.7 Å². The van der Waals surface area contributed by atoms with Crippen molar-refractivity contribution in [2.75, 3.05) is 26.8 Å². The number of carbonyl (C=O) groups excluding carboxylic acids is 1.